The van der Waals surface area contributed by atoms with Crippen molar-refractivity contribution in [2.75, 3.05) is 12.0 Å². The SMILES string of the molecule is CC[SH](C)(=O)c1cc(C2(C#N)CC2)ccc1-c1nc2cc(C(F)(F)F)ncc2n1C. The Hall–Kier alpha value is -2.73. The van der Waals surface area contributed by atoms with E-state index in [0.717, 1.165) is 30.7 Å². The monoisotopic (exact) mass is 434 g/mol. The lowest BCUT2D eigenvalue weighted by atomic mass is 9.96. The van der Waals surface area contributed by atoms with Crippen molar-refractivity contribution < 1.29 is 17.4 Å². The maximum atomic E-state index is 13.4. The minimum Gasteiger partial charge on any atom is -0.326 e. The summed E-state index contributed by atoms with van der Waals surface area (Å²) in [5.74, 6) is 0.845. The summed E-state index contributed by atoms with van der Waals surface area (Å²) in [6.07, 6.45) is -0.187. The highest BCUT2D eigenvalue weighted by atomic mass is 32.2. The first kappa shape index (κ1) is 20.5. The summed E-state index contributed by atoms with van der Waals surface area (Å²) in [5.41, 5.74) is 0.522. The number of hydrogen-bond donors (Lipinski definition) is 1. The Morgan fingerprint density at radius 1 is 1.30 bits per heavy atom. The van der Waals surface area contributed by atoms with Crippen molar-refractivity contribution >= 4 is 21.0 Å². The fourth-order valence-electron chi connectivity index (χ4n) is 3.65. The number of pyridine rings is 1. The van der Waals surface area contributed by atoms with E-state index in [9.17, 15) is 22.6 Å². The molecule has 30 heavy (non-hydrogen) atoms. The Bertz CT molecular complexity index is 1250. The Kier molecular flexibility index (Phi) is 4.54. The summed E-state index contributed by atoms with van der Waals surface area (Å²) in [6, 6.07) is 8.73. The molecule has 0 aliphatic heterocycles. The zero-order valence-electron chi connectivity index (χ0n) is 16.8. The van der Waals surface area contributed by atoms with Crippen molar-refractivity contribution in [2.45, 2.75) is 36.3 Å². The van der Waals surface area contributed by atoms with E-state index in [1.165, 1.54) is 0 Å². The Labute approximate surface area is 173 Å². The number of nitrogens with zero attached hydrogens (tertiary/aromatic N) is 4. The molecule has 4 rings (SSSR count). The molecule has 1 aromatic carbocycles. The molecule has 0 N–H and O–H groups in total. The van der Waals surface area contributed by atoms with Crippen molar-refractivity contribution in [2.24, 2.45) is 7.05 Å². The fourth-order valence-corrected chi connectivity index (χ4v) is 5.09. The lowest BCUT2D eigenvalue weighted by Gasteiger charge is -2.22. The van der Waals surface area contributed by atoms with Crippen LogP contribution in [0.5, 0.6) is 0 Å². The number of aryl methyl sites for hydroxylation is 1. The van der Waals surface area contributed by atoms with Gasteiger partial charge >= 0.3 is 6.18 Å². The van der Waals surface area contributed by atoms with Gasteiger partial charge in [0.25, 0.3) is 0 Å². The van der Waals surface area contributed by atoms with Gasteiger partial charge in [0, 0.05) is 23.3 Å². The minimum absolute atomic E-state index is 0.169. The molecule has 1 aliphatic carbocycles. The Balaban J connectivity index is 1.94. The van der Waals surface area contributed by atoms with Gasteiger partial charge < -0.3 is 4.57 Å². The normalized spacial score (nSPS) is 16.4. The van der Waals surface area contributed by atoms with Crippen LogP contribution < -0.4 is 0 Å². The second-order valence-corrected chi connectivity index (χ2v) is 11.2. The van der Waals surface area contributed by atoms with Crippen molar-refractivity contribution in [1.29, 1.82) is 5.26 Å². The van der Waals surface area contributed by atoms with Crippen LogP contribution in [0.4, 0.5) is 13.2 Å². The van der Waals surface area contributed by atoms with Crippen LogP contribution in [0.15, 0.2) is 35.4 Å². The Morgan fingerprint density at radius 3 is 2.57 bits per heavy atom. The van der Waals surface area contributed by atoms with Crippen LogP contribution in [0.25, 0.3) is 22.4 Å². The smallest absolute Gasteiger partial charge is 0.326 e. The van der Waals surface area contributed by atoms with Gasteiger partial charge in [-0.2, -0.15) is 18.4 Å². The number of aromatic nitrogens is 3. The maximum absolute atomic E-state index is 13.4. The van der Waals surface area contributed by atoms with E-state index >= 15 is 0 Å². The molecule has 9 heteroatoms. The molecule has 2 aromatic heterocycles. The van der Waals surface area contributed by atoms with E-state index in [4.69, 9.17) is 0 Å². The molecule has 0 unspecified atom stereocenters. The average Bonchev–Trinajstić information content (AvgIpc) is 3.45. The highest BCUT2D eigenvalue weighted by Gasteiger charge is 2.45. The van der Waals surface area contributed by atoms with Gasteiger partial charge in [-0.05, 0) is 42.9 Å². The van der Waals surface area contributed by atoms with E-state index in [-0.39, 0.29) is 5.52 Å². The molecule has 1 saturated carbocycles. The second kappa shape index (κ2) is 6.64. The van der Waals surface area contributed by atoms with E-state index in [2.05, 4.69) is 16.0 Å². The predicted molar refractivity (Wildman–Crippen MR) is 110 cm³/mol. The van der Waals surface area contributed by atoms with Gasteiger partial charge in [-0.15, -0.1) is 0 Å². The molecule has 0 bridgehead atoms. The van der Waals surface area contributed by atoms with Gasteiger partial charge in [-0.3, -0.25) is 4.21 Å². The van der Waals surface area contributed by atoms with Crippen molar-refractivity contribution in [3.05, 3.63) is 41.7 Å². The van der Waals surface area contributed by atoms with E-state index < -0.39 is 27.2 Å². The third-order valence-electron chi connectivity index (χ3n) is 5.93. The molecule has 0 radical (unpaired) electrons. The summed E-state index contributed by atoms with van der Waals surface area (Å²) in [6.45, 7) is 1.84. The van der Waals surface area contributed by atoms with Crippen LogP contribution >= 0.6 is 0 Å². The number of benzene rings is 1. The summed E-state index contributed by atoms with van der Waals surface area (Å²) in [7, 11) is -1.07. The number of imidazole rings is 1. The molecule has 2 heterocycles. The standard InChI is InChI=1S/C21H21F3N4OS/c1-4-30(3,29)17-9-13(20(12-25)7-8-20)5-6-14(17)19-27-15-10-18(21(22,23)24)26-11-16(15)28(19)2/h5-6,9-11,30H,4,7-8H2,1-3H3. The highest BCUT2D eigenvalue weighted by Crippen LogP contribution is 2.49. The first-order valence-corrected chi connectivity index (χ1v) is 11.9. The first-order valence-electron chi connectivity index (χ1n) is 9.55. The molecule has 1 aliphatic rings. The molecule has 0 spiro atoms. The number of thiol groups is 1. The maximum Gasteiger partial charge on any atom is 0.433 e. The minimum atomic E-state index is -4.56. The van der Waals surface area contributed by atoms with Gasteiger partial charge in [0.1, 0.15) is 11.5 Å². The average molecular weight is 434 g/mol. The first-order chi connectivity index (χ1) is 14.0. The lowest BCUT2D eigenvalue weighted by molar-refractivity contribution is -0.141. The van der Waals surface area contributed by atoms with Crippen LogP contribution in [-0.2, 0) is 28.6 Å². The molecule has 1 fully saturated rings. The topological polar surface area (TPSA) is 71.6 Å². The number of halogens is 3. The number of nitriles is 1. The summed E-state index contributed by atoms with van der Waals surface area (Å²) in [4.78, 5) is 8.56. The molecule has 0 saturated heterocycles. The number of alkyl halides is 3. The summed E-state index contributed by atoms with van der Waals surface area (Å²) < 4.78 is 54.2. The van der Waals surface area contributed by atoms with Crippen LogP contribution in [0.3, 0.4) is 0 Å². The summed E-state index contributed by atoms with van der Waals surface area (Å²) >= 11 is 0. The second-order valence-electron chi connectivity index (χ2n) is 7.89. The van der Waals surface area contributed by atoms with Gasteiger partial charge in [0.2, 0.25) is 0 Å². The van der Waals surface area contributed by atoms with Gasteiger partial charge in [0.05, 0.1) is 28.7 Å². The molecule has 5 nitrogen and oxygen atoms in total. The van der Waals surface area contributed by atoms with Crippen LogP contribution in [0, 0.1) is 11.3 Å². The van der Waals surface area contributed by atoms with Crippen LogP contribution in [-0.4, -0.2) is 30.8 Å². The van der Waals surface area contributed by atoms with Crippen molar-refractivity contribution in [3.63, 3.8) is 0 Å². The molecular weight excluding hydrogens is 413 g/mol. The zero-order chi connectivity index (χ0) is 21.9. The fraction of sp³-hybridized carbons (Fsp3) is 0.381. The van der Waals surface area contributed by atoms with Crippen molar-refractivity contribution in [3.8, 4) is 17.5 Å². The van der Waals surface area contributed by atoms with Gasteiger partial charge in [-0.25, -0.2) is 9.97 Å². The third kappa shape index (κ3) is 3.19. The van der Waals surface area contributed by atoms with Gasteiger partial charge in [0.15, 0.2) is 0 Å². The Morgan fingerprint density at radius 2 is 2.00 bits per heavy atom. The van der Waals surface area contributed by atoms with E-state index in [1.807, 2.05) is 19.1 Å². The summed E-state index contributed by atoms with van der Waals surface area (Å²) in [5, 5.41) is 9.54. The predicted octanol–water partition coefficient (Wildman–Crippen LogP) is 4.23. The number of rotatable bonds is 4. The lowest BCUT2D eigenvalue weighted by Crippen LogP contribution is -2.16. The van der Waals surface area contributed by atoms with Crippen LogP contribution in [0.2, 0.25) is 0 Å². The quantitative estimate of drug-likeness (QED) is 0.624. The molecule has 158 valence electrons. The van der Waals surface area contributed by atoms with Crippen LogP contribution in [0.1, 0.15) is 31.0 Å². The molecular formula is C21H21F3N4OS. The molecule has 0 atom stereocenters. The highest BCUT2D eigenvalue weighted by molar-refractivity contribution is 8.02. The van der Waals surface area contributed by atoms with Gasteiger partial charge in [-0.1, -0.05) is 22.9 Å². The zero-order valence-corrected chi connectivity index (χ0v) is 17.7. The number of fused-ring (bicyclic) bond motifs is 1. The van der Waals surface area contributed by atoms with Crippen molar-refractivity contribution in [1.82, 2.24) is 14.5 Å². The number of hydrogen-bond acceptors (Lipinski definition) is 4. The third-order valence-corrected chi connectivity index (χ3v) is 8.52. The molecule has 0 amide bonds. The van der Waals surface area contributed by atoms with E-state index in [1.54, 1.807) is 23.9 Å². The molecule has 3 aromatic rings. The largest absolute Gasteiger partial charge is 0.433 e. The van der Waals surface area contributed by atoms with E-state index in [0.29, 0.717) is 27.6 Å².